The van der Waals surface area contributed by atoms with Crippen LogP contribution in [-0.4, -0.2) is 43.6 Å². The van der Waals surface area contributed by atoms with Crippen LogP contribution in [0.1, 0.15) is 24.3 Å². The van der Waals surface area contributed by atoms with E-state index in [-0.39, 0.29) is 11.8 Å². The summed E-state index contributed by atoms with van der Waals surface area (Å²) in [5, 5.41) is 7.78. The van der Waals surface area contributed by atoms with E-state index in [1.165, 1.54) is 0 Å². The number of nitrogens with zero attached hydrogens (tertiary/aromatic N) is 5. The van der Waals surface area contributed by atoms with E-state index < -0.39 is 0 Å². The third-order valence-corrected chi connectivity index (χ3v) is 6.46. The molecule has 8 nitrogen and oxygen atoms in total. The fraction of sp³-hybridized carbons (Fsp3) is 0.280. The average Bonchev–Trinajstić information content (AvgIpc) is 3.56. The van der Waals surface area contributed by atoms with Gasteiger partial charge in [0.25, 0.3) is 0 Å². The van der Waals surface area contributed by atoms with Crippen LogP contribution in [0.25, 0.3) is 17.1 Å². The zero-order valence-corrected chi connectivity index (χ0v) is 19.4. The highest BCUT2D eigenvalue weighted by atomic mass is 35.5. The number of nitrogens with one attached hydrogen (secondary N) is 1. The number of piperidine rings is 1. The molecule has 4 aromatic rings. The van der Waals surface area contributed by atoms with Gasteiger partial charge >= 0.3 is 0 Å². The molecular formula is C25H25ClN6O2. The first-order chi connectivity index (χ1) is 16.7. The number of hydrogen-bond acceptors (Lipinski definition) is 6. The molecule has 1 fully saturated rings. The van der Waals surface area contributed by atoms with E-state index >= 15 is 0 Å². The number of carbonyl (C=O) groups excluding carboxylic acids is 1. The number of carbonyl (C=O) groups is 1. The van der Waals surface area contributed by atoms with Gasteiger partial charge in [0.15, 0.2) is 0 Å². The number of imidazole rings is 1. The summed E-state index contributed by atoms with van der Waals surface area (Å²) in [6.45, 7) is 2.64. The largest absolute Gasteiger partial charge is 0.352 e. The molecule has 0 aliphatic carbocycles. The van der Waals surface area contributed by atoms with Crippen molar-refractivity contribution >= 4 is 17.5 Å². The first kappa shape index (κ1) is 22.3. The summed E-state index contributed by atoms with van der Waals surface area (Å²) in [6, 6.07) is 15.4. The van der Waals surface area contributed by atoms with Crippen LogP contribution < -0.4 is 5.32 Å². The molecule has 1 aliphatic heterocycles. The van der Waals surface area contributed by atoms with Crippen molar-refractivity contribution in [1.82, 2.24) is 29.9 Å². The van der Waals surface area contributed by atoms with Gasteiger partial charge in [-0.05, 0) is 49.7 Å². The molecule has 0 spiro atoms. The van der Waals surface area contributed by atoms with E-state index in [9.17, 15) is 4.79 Å². The number of halogens is 1. The van der Waals surface area contributed by atoms with Crippen molar-refractivity contribution < 1.29 is 9.32 Å². The molecule has 1 N–H and O–H groups in total. The minimum atomic E-state index is -0.00183. The third-order valence-electron chi connectivity index (χ3n) is 6.13. The summed E-state index contributed by atoms with van der Waals surface area (Å²) >= 11 is 6.23. The Kier molecular flexibility index (Phi) is 6.69. The smallest absolute Gasteiger partial charge is 0.241 e. The fourth-order valence-corrected chi connectivity index (χ4v) is 4.48. The lowest BCUT2D eigenvalue weighted by Crippen LogP contribution is -2.40. The van der Waals surface area contributed by atoms with Crippen LogP contribution in [0.3, 0.4) is 0 Å². The first-order valence-corrected chi connectivity index (χ1v) is 11.7. The number of benzene rings is 2. The minimum absolute atomic E-state index is 0.00183. The highest BCUT2D eigenvalue weighted by Crippen LogP contribution is 2.26. The van der Waals surface area contributed by atoms with E-state index in [2.05, 4.69) is 25.3 Å². The maximum atomic E-state index is 12.8. The Morgan fingerprint density at radius 3 is 2.71 bits per heavy atom. The molecular weight excluding hydrogens is 452 g/mol. The fourth-order valence-electron chi connectivity index (χ4n) is 4.26. The normalized spacial score (nSPS) is 14.9. The van der Waals surface area contributed by atoms with Crippen LogP contribution in [0.5, 0.6) is 0 Å². The van der Waals surface area contributed by atoms with Crippen molar-refractivity contribution in [3.63, 3.8) is 0 Å². The molecule has 0 unspecified atom stereocenters. The van der Waals surface area contributed by atoms with Gasteiger partial charge in [-0.1, -0.05) is 47.1 Å². The lowest BCUT2D eigenvalue weighted by molar-refractivity contribution is -0.126. The van der Waals surface area contributed by atoms with E-state index in [4.69, 9.17) is 16.1 Å². The van der Waals surface area contributed by atoms with Crippen molar-refractivity contribution in [3.8, 4) is 17.1 Å². The van der Waals surface area contributed by atoms with Crippen LogP contribution in [0.4, 0.5) is 0 Å². The molecule has 1 aliphatic rings. The average molecular weight is 477 g/mol. The monoisotopic (exact) mass is 476 g/mol. The Hall–Kier alpha value is -3.49. The predicted molar refractivity (Wildman–Crippen MR) is 128 cm³/mol. The third kappa shape index (κ3) is 5.03. The van der Waals surface area contributed by atoms with E-state index in [1.54, 1.807) is 18.6 Å². The zero-order valence-electron chi connectivity index (χ0n) is 18.6. The number of rotatable bonds is 7. The molecule has 34 heavy (non-hydrogen) atoms. The van der Waals surface area contributed by atoms with Gasteiger partial charge in [-0.25, -0.2) is 4.98 Å². The Balaban J connectivity index is 1.12. The Bertz CT molecular complexity index is 1250. The molecule has 5 rings (SSSR count). The van der Waals surface area contributed by atoms with Crippen molar-refractivity contribution in [3.05, 3.63) is 83.7 Å². The molecule has 0 saturated carbocycles. The summed E-state index contributed by atoms with van der Waals surface area (Å²) < 4.78 is 7.39. The maximum absolute atomic E-state index is 12.8. The summed E-state index contributed by atoms with van der Waals surface area (Å²) in [7, 11) is 0. The van der Waals surface area contributed by atoms with Gasteiger partial charge in [0.05, 0.1) is 23.6 Å². The topological polar surface area (TPSA) is 89.1 Å². The summed E-state index contributed by atoms with van der Waals surface area (Å²) in [4.78, 5) is 23.7. The SMILES string of the molecule is O=C(NCc1ccccc1-n1ccnc1)C1CCN(Cc2nc(-c3ccccc3Cl)no2)CC1. The highest BCUT2D eigenvalue weighted by Gasteiger charge is 2.26. The Morgan fingerprint density at radius 1 is 1.12 bits per heavy atom. The van der Waals surface area contributed by atoms with Crippen molar-refractivity contribution in [1.29, 1.82) is 0 Å². The van der Waals surface area contributed by atoms with Gasteiger partial charge in [-0.2, -0.15) is 4.98 Å². The second-order valence-electron chi connectivity index (χ2n) is 8.36. The van der Waals surface area contributed by atoms with Crippen LogP contribution in [-0.2, 0) is 17.9 Å². The Labute approximate surface area is 202 Å². The van der Waals surface area contributed by atoms with Crippen LogP contribution in [0.15, 0.2) is 71.8 Å². The molecule has 0 radical (unpaired) electrons. The summed E-state index contributed by atoms with van der Waals surface area (Å²) in [6.07, 6.45) is 6.99. The quantitative estimate of drug-likeness (QED) is 0.432. The van der Waals surface area contributed by atoms with Gasteiger partial charge < -0.3 is 14.4 Å². The summed E-state index contributed by atoms with van der Waals surface area (Å²) in [5.74, 6) is 1.14. The van der Waals surface area contributed by atoms with Crippen LogP contribution in [0, 0.1) is 5.92 Å². The lowest BCUT2D eigenvalue weighted by atomic mass is 9.96. The molecule has 1 saturated heterocycles. The van der Waals surface area contributed by atoms with Gasteiger partial charge in [-0.15, -0.1) is 0 Å². The number of hydrogen-bond donors (Lipinski definition) is 1. The second-order valence-corrected chi connectivity index (χ2v) is 8.77. The molecule has 2 aromatic carbocycles. The number of aromatic nitrogens is 4. The highest BCUT2D eigenvalue weighted by molar-refractivity contribution is 6.33. The van der Waals surface area contributed by atoms with Crippen LogP contribution >= 0.6 is 11.6 Å². The zero-order chi connectivity index (χ0) is 23.3. The number of likely N-dealkylation sites (tertiary alicyclic amines) is 1. The van der Waals surface area contributed by atoms with Crippen molar-refractivity contribution in [2.24, 2.45) is 5.92 Å². The number of para-hydroxylation sites is 1. The molecule has 0 bridgehead atoms. The lowest BCUT2D eigenvalue weighted by Gasteiger charge is -2.30. The van der Waals surface area contributed by atoms with Crippen LogP contribution in [0.2, 0.25) is 5.02 Å². The van der Waals surface area contributed by atoms with E-state index in [1.807, 2.05) is 53.2 Å². The van der Waals surface area contributed by atoms with Gasteiger partial charge in [-0.3, -0.25) is 9.69 Å². The summed E-state index contributed by atoms with van der Waals surface area (Å²) in [5.41, 5.74) is 2.83. The van der Waals surface area contributed by atoms with Gasteiger partial charge in [0.1, 0.15) is 0 Å². The standard InChI is InChI=1S/C25H25ClN6O2/c26-21-7-3-2-6-20(21)24-29-23(34-30-24)16-31-12-9-18(10-13-31)25(33)28-15-19-5-1-4-8-22(19)32-14-11-27-17-32/h1-8,11,14,17-18H,9-10,12-13,15-16H2,(H,28,33). The number of amides is 1. The first-order valence-electron chi connectivity index (χ1n) is 11.3. The van der Waals surface area contributed by atoms with Crippen molar-refractivity contribution in [2.45, 2.75) is 25.9 Å². The van der Waals surface area contributed by atoms with Gasteiger partial charge in [0.2, 0.25) is 17.6 Å². The molecule has 0 atom stereocenters. The minimum Gasteiger partial charge on any atom is -0.352 e. The molecule has 9 heteroatoms. The van der Waals surface area contributed by atoms with E-state index in [0.29, 0.717) is 29.8 Å². The molecule has 2 aromatic heterocycles. The van der Waals surface area contributed by atoms with E-state index in [0.717, 1.165) is 42.7 Å². The molecule has 3 heterocycles. The van der Waals surface area contributed by atoms with Crippen molar-refractivity contribution in [2.75, 3.05) is 13.1 Å². The second kappa shape index (κ2) is 10.2. The maximum Gasteiger partial charge on any atom is 0.241 e. The van der Waals surface area contributed by atoms with Gasteiger partial charge in [0, 0.05) is 30.4 Å². The predicted octanol–water partition coefficient (Wildman–Crippen LogP) is 4.10. The molecule has 174 valence electrons. The molecule has 1 amide bonds. The Morgan fingerprint density at radius 2 is 1.91 bits per heavy atom.